The summed E-state index contributed by atoms with van der Waals surface area (Å²) < 4.78 is 5.44. The highest BCUT2D eigenvalue weighted by Crippen LogP contribution is 2.24. The molecule has 0 bridgehead atoms. The molecule has 1 aromatic heterocycles. The molecule has 1 heterocycles. The fraction of sp³-hybridized carbons (Fsp3) is 0.250. The van der Waals surface area contributed by atoms with E-state index >= 15 is 0 Å². The van der Waals surface area contributed by atoms with Gasteiger partial charge in [0, 0.05) is 16.5 Å². The monoisotopic (exact) mass is 235 g/mol. The van der Waals surface area contributed by atoms with Crippen LogP contribution in [-0.4, -0.2) is 11.9 Å². The van der Waals surface area contributed by atoms with Crippen LogP contribution in [0.1, 0.15) is 23.4 Å². The molecule has 0 spiro atoms. The summed E-state index contributed by atoms with van der Waals surface area (Å²) in [4.78, 5) is 11.7. The average Bonchev–Trinajstić information content (AvgIpc) is 2.95. The molecule has 16 heavy (non-hydrogen) atoms. The van der Waals surface area contributed by atoms with Crippen molar-refractivity contribution >= 4 is 28.5 Å². The molecule has 2 aromatic rings. The number of rotatable bonds is 2. The molecule has 0 radical (unpaired) electrons. The first kappa shape index (κ1) is 9.73. The molecule has 82 valence electrons. The van der Waals surface area contributed by atoms with Gasteiger partial charge in [-0.2, -0.15) is 0 Å². The van der Waals surface area contributed by atoms with Crippen LogP contribution in [0.4, 0.5) is 0 Å². The summed E-state index contributed by atoms with van der Waals surface area (Å²) in [5.41, 5.74) is 0.686. The number of hydrogen-bond donors (Lipinski definition) is 1. The Labute approximate surface area is 97.4 Å². The van der Waals surface area contributed by atoms with Gasteiger partial charge in [0.05, 0.1) is 0 Å². The van der Waals surface area contributed by atoms with E-state index in [0.717, 1.165) is 18.2 Å². The number of benzene rings is 1. The van der Waals surface area contributed by atoms with E-state index in [9.17, 15) is 4.79 Å². The summed E-state index contributed by atoms with van der Waals surface area (Å²) in [6.07, 6.45) is 2.13. The van der Waals surface area contributed by atoms with Crippen LogP contribution in [0.2, 0.25) is 5.02 Å². The summed E-state index contributed by atoms with van der Waals surface area (Å²) in [5.74, 6) is 0.207. The van der Waals surface area contributed by atoms with E-state index < -0.39 is 0 Å². The largest absolute Gasteiger partial charge is 0.451 e. The third-order valence-corrected chi connectivity index (χ3v) is 2.85. The van der Waals surface area contributed by atoms with Crippen LogP contribution >= 0.6 is 11.6 Å². The fourth-order valence-electron chi connectivity index (χ4n) is 1.61. The molecular formula is C12H10ClNO2. The van der Waals surface area contributed by atoms with Crippen LogP contribution in [0.3, 0.4) is 0 Å². The molecule has 1 fully saturated rings. The zero-order chi connectivity index (χ0) is 11.1. The summed E-state index contributed by atoms with van der Waals surface area (Å²) >= 11 is 5.86. The minimum atomic E-state index is -0.144. The van der Waals surface area contributed by atoms with Crippen LogP contribution in [0, 0.1) is 0 Å². The SMILES string of the molecule is O=C(NC1CC1)c1cc2cc(Cl)ccc2o1. The quantitative estimate of drug-likeness (QED) is 0.870. The van der Waals surface area contributed by atoms with Crippen molar-refractivity contribution in [1.82, 2.24) is 5.32 Å². The molecule has 3 nitrogen and oxygen atoms in total. The lowest BCUT2D eigenvalue weighted by atomic mass is 10.2. The van der Waals surface area contributed by atoms with Gasteiger partial charge in [-0.1, -0.05) is 11.6 Å². The average molecular weight is 236 g/mol. The first-order valence-corrected chi connectivity index (χ1v) is 5.60. The van der Waals surface area contributed by atoms with Gasteiger partial charge in [0.25, 0.3) is 5.91 Å². The highest BCUT2D eigenvalue weighted by Gasteiger charge is 2.25. The molecule has 0 saturated heterocycles. The van der Waals surface area contributed by atoms with E-state index in [4.69, 9.17) is 16.0 Å². The Balaban J connectivity index is 1.94. The molecule has 1 aromatic carbocycles. The predicted molar refractivity (Wildman–Crippen MR) is 61.7 cm³/mol. The van der Waals surface area contributed by atoms with Crippen molar-refractivity contribution in [2.24, 2.45) is 0 Å². The lowest BCUT2D eigenvalue weighted by molar-refractivity contribution is 0.0925. The number of furan rings is 1. The molecule has 0 unspecified atom stereocenters. The number of halogens is 1. The maximum Gasteiger partial charge on any atom is 0.287 e. The fourth-order valence-corrected chi connectivity index (χ4v) is 1.79. The summed E-state index contributed by atoms with van der Waals surface area (Å²) in [7, 11) is 0. The first-order chi connectivity index (χ1) is 7.72. The van der Waals surface area contributed by atoms with Gasteiger partial charge in [0.2, 0.25) is 0 Å². The van der Waals surface area contributed by atoms with Crippen molar-refractivity contribution < 1.29 is 9.21 Å². The minimum Gasteiger partial charge on any atom is -0.451 e. The molecule has 1 N–H and O–H groups in total. The molecule has 1 saturated carbocycles. The highest BCUT2D eigenvalue weighted by atomic mass is 35.5. The zero-order valence-corrected chi connectivity index (χ0v) is 9.25. The van der Waals surface area contributed by atoms with E-state index in [2.05, 4.69) is 5.32 Å². The Morgan fingerprint density at radius 2 is 2.19 bits per heavy atom. The van der Waals surface area contributed by atoms with Crippen LogP contribution in [0.5, 0.6) is 0 Å². The van der Waals surface area contributed by atoms with Gasteiger partial charge in [-0.05, 0) is 37.1 Å². The number of carbonyl (C=O) groups excluding carboxylic acids is 1. The third-order valence-electron chi connectivity index (χ3n) is 2.61. The molecular weight excluding hydrogens is 226 g/mol. The van der Waals surface area contributed by atoms with E-state index in [1.165, 1.54) is 0 Å². The van der Waals surface area contributed by atoms with Crippen molar-refractivity contribution in [3.05, 3.63) is 35.0 Å². The predicted octanol–water partition coefficient (Wildman–Crippen LogP) is 2.98. The highest BCUT2D eigenvalue weighted by molar-refractivity contribution is 6.31. The van der Waals surface area contributed by atoms with Crippen molar-refractivity contribution in [3.63, 3.8) is 0 Å². The second-order valence-electron chi connectivity index (χ2n) is 4.04. The Kier molecular flexibility index (Phi) is 2.14. The third kappa shape index (κ3) is 1.78. The Hall–Kier alpha value is -1.48. The number of fused-ring (bicyclic) bond motifs is 1. The molecule has 4 heteroatoms. The Bertz CT molecular complexity index is 557. The number of amides is 1. The maximum atomic E-state index is 11.7. The van der Waals surface area contributed by atoms with Crippen LogP contribution in [0.15, 0.2) is 28.7 Å². The molecule has 1 amide bonds. The standard InChI is InChI=1S/C12H10ClNO2/c13-8-1-4-10-7(5-8)6-11(16-10)12(15)14-9-2-3-9/h1,4-6,9H,2-3H2,(H,14,15). The van der Waals surface area contributed by atoms with Gasteiger partial charge < -0.3 is 9.73 Å². The minimum absolute atomic E-state index is 0.144. The van der Waals surface area contributed by atoms with Gasteiger partial charge in [0.1, 0.15) is 5.58 Å². The smallest absolute Gasteiger partial charge is 0.287 e. The second-order valence-corrected chi connectivity index (χ2v) is 4.48. The van der Waals surface area contributed by atoms with Crippen LogP contribution in [0.25, 0.3) is 11.0 Å². The summed E-state index contributed by atoms with van der Waals surface area (Å²) in [5, 5.41) is 4.38. The van der Waals surface area contributed by atoms with Gasteiger partial charge in [0.15, 0.2) is 5.76 Å². The lowest BCUT2D eigenvalue weighted by Gasteiger charge is -1.97. The zero-order valence-electron chi connectivity index (χ0n) is 8.50. The van der Waals surface area contributed by atoms with Crippen molar-refractivity contribution in [3.8, 4) is 0 Å². The Morgan fingerprint density at radius 3 is 2.94 bits per heavy atom. The Morgan fingerprint density at radius 1 is 1.38 bits per heavy atom. The first-order valence-electron chi connectivity index (χ1n) is 5.22. The van der Waals surface area contributed by atoms with Crippen LogP contribution in [-0.2, 0) is 0 Å². The van der Waals surface area contributed by atoms with E-state index in [0.29, 0.717) is 22.4 Å². The second kappa shape index (κ2) is 3.52. The van der Waals surface area contributed by atoms with E-state index in [1.54, 1.807) is 24.3 Å². The van der Waals surface area contributed by atoms with Crippen molar-refractivity contribution in [2.45, 2.75) is 18.9 Å². The van der Waals surface area contributed by atoms with Crippen molar-refractivity contribution in [2.75, 3.05) is 0 Å². The molecule has 3 rings (SSSR count). The van der Waals surface area contributed by atoms with Gasteiger partial charge >= 0.3 is 0 Å². The lowest BCUT2D eigenvalue weighted by Crippen LogP contribution is -2.24. The van der Waals surface area contributed by atoms with Gasteiger partial charge in [-0.3, -0.25) is 4.79 Å². The van der Waals surface area contributed by atoms with Crippen LogP contribution < -0.4 is 5.32 Å². The topological polar surface area (TPSA) is 42.2 Å². The summed E-state index contributed by atoms with van der Waals surface area (Å²) in [6.45, 7) is 0. The molecule has 1 aliphatic rings. The number of nitrogens with one attached hydrogen (secondary N) is 1. The van der Waals surface area contributed by atoms with E-state index in [1.807, 2.05) is 0 Å². The van der Waals surface area contributed by atoms with E-state index in [-0.39, 0.29) is 5.91 Å². The normalized spacial score (nSPS) is 15.3. The van der Waals surface area contributed by atoms with Crippen molar-refractivity contribution in [1.29, 1.82) is 0 Å². The summed E-state index contributed by atoms with van der Waals surface area (Å²) in [6, 6.07) is 7.36. The molecule has 0 aliphatic heterocycles. The molecule has 0 atom stereocenters. The molecule has 1 aliphatic carbocycles. The number of hydrogen-bond acceptors (Lipinski definition) is 2. The van der Waals surface area contributed by atoms with Gasteiger partial charge in [-0.15, -0.1) is 0 Å². The van der Waals surface area contributed by atoms with Gasteiger partial charge in [-0.25, -0.2) is 0 Å². The maximum absolute atomic E-state index is 11.7. The number of carbonyl (C=O) groups is 1.